The monoisotopic (exact) mass is 261 g/mol. The van der Waals surface area contributed by atoms with Crippen molar-refractivity contribution in [1.82, 2.24) is 9.88 Å². The lowest BCUT2D eigenvalue weighted by Crippen LogP contribution is -2.28. The molecule has 1 amide bonds. The Labute approximate surface area is 115 Å². The predicted molar refractivity (Wildman–Crippen MR) is 77.0 cm³/mol. The van der Waals surface area contributed by atoms with Gasteiger partial charge in [0.25, 0.3) is 0 Å². The van der Waals surface area contributed by atoms with E-state index in [1.807, 2.05) is 17.2 Å². The second kappa shape index (κ2) is 6.55. The van der Waals surface area contributed by atoms with Gasteiger partial charge in [0.15, 0.2) is 0 Å². The number of unbranched alkanes of at least 4 members (excludes halogenated alkanes) is 1. The van der Waals surface area contributed by atoms with Crippen molar-refractivity contribution >= 4 is 11.7 Å². The summed E-state index contributed by atoms with van der Waals surface area (Å²) in [6, 6.07) is 4.32. The van der Waals surface area contributed by atoms with Crippen LogP contribution < -0.4 is 5.32 Å². The molecule has 1 fully saturated rings. The fraction of sp³-hybridized carbons (Fsp3) is 0.600. The average molecular weight is 261 g/mol. The summed E-state index contributed by atoms with van der Waals surface area (Å²) in [5.41, 5.74) is 1.15. The van der Waals surface area contributed by atoms with Crippen molar-refractivity contribution in [2.45, 2.75) is 45.6 Å². The maximum absolute atomic E-state index is 11.6. The number of carbonyl (C=O) groups excluding carboxylic acids is 1. The van der Waals surface area contributed by atoms with Gasteiger partial charge >= 0.3 is 0 Å². The third-order valence-corrected chi connectivity index (χ3v) is 3.66. The van der Waals surface area contributed by atoms with Gasteiger partial charge in [0.05, 0.1) is 6.04 Å². The summed E-state index contributed by atoms with van der Waals surface area (Å²) in [7, 11) is 0. The van der Waals surface area contributed by atoms with Crippen molar-refractivity contribution in [2.75, 3.05) is 18.4 Å². The van der Waals surface area contributed by atoms with Crippen LogP contribution in [0.4, 0.5) is 5.82 Å². The highest BCUT2D eigenvalue weighted by molar-refractivity contribution is 5.74. The Morgan fingerprint density at radius 1 is 1.53 bits per heavy atom. The number of likely N-dealkylation sites (tertiary alicyclic amines) is 1. The normalized spacial score (nSPS) is 18.6. The predicted octanol–water partition coefficient (Wildman–Crippen LogP) is 2.98. The molecule has 4 heteroatoms. The molecule has 0 aliphatic carbocycles. The minimum absolute atomic E-state index is 0.160. The van der Waals surface area contributed by atoms with Crippen LogP contribution in [0.5, 0.6) is 0 Å². The van der Waals surface area contributed by atoms with Crippen LogP contribution in [0, 0.1) is 0 Å². The standard InChI is InChI=1S/C15H23N3O/c1-3-4-9-16-15-8-7-13(11-17-15)14-6-5-10-18(14)12(2)19/h7-8,11,14H,3-6,9-10H2,1-2H3,(H,16,17)/t14-/m1/s1. The van der Waals surface area contributed by atoms with Crippen LogP contribution in [0.2, 0.25) is 0 Å². The topological polar surface area (TPSA) is 45.2 Å². The number of pyridine rings is 1. The van der Waals surface area contributed by atoms with Crippen LogP contribution in [-0.4, -0.2) is 28.9 Å². The molecule has 19 heavy (non-hydrogen) atoms. The van der Waals surface area contributed by atoms with Crippen LogP contribution in [0.3, 0.4) is 0 Å². The largest absolute Gasteiger partial charge is 0.370 e. The van der Waals surface area contributed by atoms with Crippen molar-refractivity contribution in [1.29, 1.82) is 0 Å². The number of nitrogens with one attached hydrogen (secondary N) is 1. The van der Waals surface area contributed by atoms with Crippen molar-refractivity contribution in [3.63, 3.8) is 0 Å². The Morgan fingerprint density at radius 2 is 2.37 bits per heavy atom. The lowest BCUT2D eigenvalue weighted by atomic mass is 10.1. The minimum atomic E-state index is 0.160. The minimum Gasteiger partial charge on any atom is -0.370 e. The molecule has 0 saturated carbocycles. The molecule has 0 bridgehead atoms. The van der Waals surface area contributed by atoms with Gasteiger partial charge in [0, 0.05) is 26.2 Å². The molecule has 1 aliphatic rings. The van der Waals surface area contributed by atoms with Gasteiger partial charge in [-0.25, -0.2) is 4.98 Å². The number of hydrogen-bond donors (Lipinski definition) is 1. The molecule has 1 aliphatic heterocycles. The van der Waals surface area contributed by atoms with E-state index in [4.69, 9.17) is 0 Å². The highest BCUT2D eigenvalue weighted by atomic mass is 16.2. The van der Waals surface area contributed by atoms with Crippen molar-refractivity contribution in [3.05, 3.63) is 23.9 Å². The molecular weight excluding hydrogens is 238 g/mol. The smallest absolute Gasteiger partial charge is 0.219 e. The quantitative estimate of drug-likeness (QED) is 0.829. The molecule has 2 heterocycles. The van der Waals surface area contributed by atoms with Crippen LogP contribution in [0.15, 0.2) is 18.3 Å². The summed E-state index contributed by atoms with van der Waals surface area (Å²) in [5, 5.41) is 3.31. The molecule has 0 spiro atoms. The Morgan fingerprint density at radius 3 is 3.00 bits per heavy atom. The van der Waals surface area contributed by atoms with E-state index in [1.54, 1.807) is 6.92 Å². The summed E-state index contributed by atoms with van der Waals surface area (Å²) in [6.45, 7) is 5.66. The van der Waals surface area contributed by atoms with E-state index in [1.165, 1.54) is 6.42 Å². The van der Waals surface area contributed by atoms with E-state index in [-0.39, 0.29) is 11.9 Å². The molecule has 0 unspecified atom stereocenters. The molecule has 2 rings (SSSR count). The molecule has 1 N–H and O–H groups in total. The molecule has 104 valence electrons. The molecule has 0 radical (unpaired) electrons. The second-order valence-electron chi connectivity index (χ2n) is 5.13. The molecule has 1 aromatic heterocycles. The van der Waals surface area contributed by atoms with E-state index in [9.17, 15) is 4.79 Å². The van der Waals surface area contributed by atoms with Crippen LogP contribution >= 0.6 is 0 Å². The van der Waals surface area contributed by atoms with E-state index in [0.29, 0.717) is 0 Å². The van der Waals surface area contributed by atoms with E-state index in [2.05, 4.69) is 23.3 Å². The zero-order valence-corrected chi connectivity index (χ0v) is 11.9. The zero-order chi connectivity index (χ0) is 13.7. The maximum Gasteiger partial charge on any atom is 0.219 e. The number of rotatable bonds is 5. The van der Waals surface area contributed by atoms with Gasteiger partial charge in [0.2, 0.25) is 5.91 Å². The number of amides is 1. The van der Waals surface area contributed by atoms with E-state index >= 15 is 0 Å². The maximum atomic E-state index is 11.6. The molecule has 1 aromatic rings. The van der Waals surface area contributed by atoms with Gasteiger partial charge in [-0.05, 0) is 30.9 Å². The first-order chi connectivity index (χ1) is 9.22. The number of anilines is 1. The fourth-order valence-corrected chi connectivity index (χ4v) is 2.59. The summed E-state index contributed by atoms with van der Waals surface area (Å²) >= 11 is 0. The molecule has 0 aromatic carbocycles. The summed E-state index contributed by atoms with van der Waals surface area (Å²) in [5.74, 6) is 1.08. The van der Waals surface area contributed by atoms with Crippen molar-refractivity contribution in [2.24, 2.45) is 0 Å². The van der Waals surface area contributed by atoms with Crippen LogP contribution in [0.25, 0.3) is 0 Å². The summed E-state index contributed by atoms with van der Waals surface area (Å²) in [6.07, 6.45) is 6.37. The van der Waals surface area contributed by atoms with Gasteiger partial charge in [-0.2, -0.15) is 0 Å². The summed E-state index contributed by atoms with van der Waals surface area (Å²) in [4.78, 5) is 17.9. The van der Waals surface area contributed by atoms with Crippen molar-refractivity contribution in [3.8, 4) is 0 Å². The Kier molecular flexibility index (Phi) is 4.77. The third kappa shape index (κ3) is 3.46. The van der Waals surface area contributed by atoms with Gasteiger partial charge in [-0.3, -0.25) is 4.79 Å². The lowest BCUT2D eigenvalue weighted by molar-refractivity contribution is -0.129. The number of nitrogens with zero attached hydrogens (tertiary/aromatic N) is 2. The Bertz CT molecular complexity index is 416. The molecule has 4 nitrogen and oxygen atoms in total. The molecular formula is C15H23N3O. The summed E-state index contributed by atoms with van der Waals surface area (Å²) < 4.78 is 0. The van der Waals surface area contributed by atoms with E-state index in [0.717, 1.165) is 43.7 Å². The second-order valence-corrected chi connectivity index (χ2v) is 5.13. The highest BCUT2D eigenvalue weighted by Crippen LogP contribution is 2.31. The van der Waals surface area contributed by atoms with E-state index < -0.39 is 0 Å². The first-order valence-electron chi connectivity index (χ1n) is 7.19. The highest BCUT2D eigenvalue weighted by Gasteiger charge is 2.27. The van der Waals surface area contributed by atoms with Gasteiger partial charge in [-0.15, -0.1) is 0 Å². The molecule has 1 atom stereocenters. The number of aromatic nitrogens is 1. The zero-order valence-electron chi connectivity index (χ0n) is 11.9. The van der Waals surface area contributed by atoms with Crippen molar-refractivity contribution < 1.29 is 4.79 Å². The van der Waals surface area contributed by atoms with Crippen LogP contribution in [-0.2, 0) is 4.79 Å². The average Bonchev–Trinajstić information content (AvgIpc) is 2.89. The first-order valence-corrected chi connectivity index (χ1v) is 7.19. The Balaban J connectivity index is 1.99. The van der Waals surface area contributed by atoms with Gasteiger partial charge < -0.3 is 10.2 Å². The third-order valence-electron chi connectivity index (χ3n) is 3.66. The lowest BCUT2D eigenvalue weighted by Gasteiger charge is -2.23. The number of hydrogen-bond acceptors (Lipinski definition) is 3. The van der Waals surface area contributed by atoms with Crippen LogP contribution in [0.1, 0.15) is 51.1 Å². The fourth-order valence-electron chi connectivity index (χ4n) is 2.59. The molecule has 1 saturated heterocycles. The van der Waals surface area contributed by atoms with Gasteiger partial charge in [-0.1, -0.05) is 19.4 Å². The number of carbonyl (C=O) groups is 1. The SMILES string of the molecule is CCCCNc1ccc([C@H]2CCCN2C(C)=O)cn1. The Hall–Kier alpha value is -1.58. The first kappa shape index (κ1) is 13.8. The van der Waals surface area contributed by atoms with Gasteiger partial charge in [0.1, 0.15) is 5.82 Å².